The highest BCUT2D eigenvalue weighted by atomic mass is 127. The molecule has 0 unspecified atom stereocenters. The van der Waals surface area contributed by atoms with Crippen molar-refractivity contribution in [1.82, 2.24) is 15.5 Å². The van der Waals surface area contributed by atoms with Crippen molar-refractivity contribution in [2.24, 2.45) is 10.9 Å². The fourth-order valence-corrected chi connectivity index (χ4v) is 3.27. The number of piperidine rings is 1. The van der Waals surface area contributed by atoms with Crippen LogP contribution in [0.3, 0.4) is 0 Å². The first-order chi connectivity index (χ1) is 12.5. The fourth-order valence-electron chi connectivity index (χ4n) is 3.27. The van der Waals surface area contributed by atoms with E-state index in [1.807, 2.05) is 18.2 Å². The summed E-state index contributed by atoms with van der Waals surface area (Å²) in [5.41, 5.74) is 1.28. The van der Waals surface area contributed by atoms with Crippen LogP contribution in [0.15, 0.2) is 35.3 Å². The van der Waals surface area contributed by atoms with Gasteiger partial charge in [-0.05, 0) is 50.3 Å². The standard InChI is InChI=1S/C19H29F3N4.HI/c1-23-18(24-11-7-16-5-3-2-4-6-16)25-12-8-17-9-13-26(14-10-17)15-19(20,21)22;/h2-6,17H,7-15H2,1H3,(H2,23,24,25);1H. The minimum Gasteiger partial charge on any atom is -0.356 e. The number of hydrogen-bond acceptors (Lipinski definition) is 2. The van der Waals surface area contributed by atoms with Gasteiger partial charge in [0.25, 0.3) is 0 Å². The van der Waals surface area contributed by atoms with Gasteiger partial charge in [0.05, 0.1) is 6.54 Å². The monoisotopic (exact) mass is 498 g/mol. The summed E-state index contributed by atoms with van der Waals surface area (Å²) in [5.74, 6) is 1.25. The minimum absolute atomic E-state index is 0. The van der Waals surface area contributed by atoms with Crippen molar-refractivity contribution in [2.75, 3.05) is 39.8 Å². The number of halogens is 4. The Bertz CT molecular complexity index is 544. The smallest absolute Gasteiger partial charge is 0.356 e. The van der Waals surface area contributed by atoms with E-state index < -0.39 is 12.7 Å². The number of nitrogens with zero attached hydrogens (tertiary/aromatic N) is 2. The highest BCUT2D eigenvalue weighted by Gasteiger charge is 2.32. The number of hydrogen-bond donors (Lipinski definition) is 2. The molecule has 0 aliphatic carbocycles. The van der Waals surface area contributed by atoms with Gasteiger partial charge in [0.1, 0.15) is 0 Å². The predicted molar refractivity (Wildman–Crippen MR) is 115 cm³/mol. The molecule has 0 aromatic heterocycles. The highest BCUT2D eigenvalue weighted by Crippen LogP contribution is 2.23. The summed E-state index contributed by atoms with van der Waals surface area (Å²) in [7, 11) is 1.74. The Hall–Kier alpha value is -1.03. The molecular weight excluding hydrogens is 468 g/mol. The molecule has 0 amide bonds. The van der Waals surface area contributed by atoms with Crippen molar-refractivity contribution < 1.29 is 13.2 Å². The van der Waals surface area contributed by atoms with E-state index in [1.54, 1.807) is 7.05 Å². The molecule has 1 aliphatic heterocycles. The molecule has 1 heterocycles. The second-order valence-electron chi connectivity index (χ2n) is 6.78. The number of aliphatic imine (C=N–C) groups is 1. The Morgan fingerprint density at radius 2 is 1.74 bits per heavy atom. The van der Waals surface area contributed by atoms with Crippen LogP contribution in [0, 0.1) is 5.92 Å². The van der Waals surface area contributed by atoms with E-state index in [4.69, 9.17) is 0 Å². The second kappa shape index (κ2) is 12.4. The van der Waals surface area contributed by atoms with Crippen molar-refractivity contribution in [3.8, 4) is 0 Å². The van der Waals surface area contributed by atoms with E-state index in [9.17, 15) is 13.2 Å². The average molecular weight is 498 g/mol. The lowest BCUT2D eigenvalue weighted by Crippen LogP contribution is -2.42. The third kappa shape index (κ3) is 10.2. The number of nitrogens with one attached hydrogen (secondary N) is 2. The quantitative estimate of drug-likeness (QED) is 0.343. The number of guanidine groups is 1. The van der Waals surface area contributed by atoms with E-state index in [0.717, 1.165) is 44.7 Å². The Labute approximate surface area is 177 Å². The molecule has 2 N–H and O–H groups in total. The summed E-state index contributed by atoms with van der Waals surface area (Å²) in [6, 6.07) is 10.3. The summed E-state index contributed by atoms with van der Waals surface area (Å²) in [4.78, 5) is 5.72. The summed E-state index contributed by atoms with van der Waals surface area (Å²) in [6.07, 6.45) is -0.541. The van der Waals surface area contributed by atoms with Crippen molar-refractivity contribution in [3.05, 3.63) is 35.9 Å². The van der Waals surface area contributed by atoms with Gasteiger partial charge < -0.3 is 10.6 Å². The summed E-state index contributed by atoms with van der Waals surface area (Å²) >= 11 is 0. The van der Waals surface area contributed by atoms with Gasteiger partial charge in [0.2, 0.25) is 0 Å². The zero-order chi connectivity index (χ0) is 18.8. The first kappa shape index (κ1) is 24.0. The molecular formula is C19H30F3IN4. The third-order valence-corrected chi connectivity index (χ3v) is 4.73. The maximum absolute atomic E-state index is 12.4. The molecule has 2 rings (SSSR count). The van der Waals surface area contributed by atoms with E-state index in [-0.39, 0.29) is 24.0 Å². The maximum Gasteiger partial charge on any atom is 0.401 e. The molecule has 1 aromatic rings. The molecule has 154 valence electrons. The van der Waals surface area contributed by atoms with E-state index in [1.165, 1.54) is 10.5 Å². The number of alkyl halides is 3. The predicted octanol–water partition coefficient (Wildman–Crippen LogP) is 3.68. The van der Waals surface area contributed by atoms with Crippen molar-refractivity contribution >= 4 is 29.9 Å². The van der Waals surface area contributed by atoms with Gasteiger partial charge in [0, 0.05) is 20.1 Å². The van der Waals surface area contributed by atoms with Crippen LogP contribution >= 0.6 is 24.0 Å². The van der Waals surface area contributed by atoms with E-state index in [0.29, 0.717) is 19.0 Å². The van der Waals surface area contributed by atoms with Crippen LogP contribution in [-0.4, -0.2) is 56.8 Å². The first-order valence-corrected chi connectivity index (χ1v) is 9.24. The zero-order valence-electron chi connectivity index (χ0n) is 15.8. The lowest BCUT2D eigenvalue weighted by molar-refractivity contribution is -0.148. The fraction of sp³-hybridized carbons (Fsp3) is 0.632. The summed E-state index contributed by atoms with van der Waals surface area (Å²) in [6.45, 7) is 1.88. The largest absolute Gasteiger partial charge is 0.401 e. The molecule has 1 aliphatic rings. The van der Waals surface area contributed by atoms with Gasteiger partial charge in [-0.15, -0.1) is 24.0 Å². The maximum atomic E-state index is 12.4. The molecule has 27 heavy (non-hydrogen) atoms. The van der Waals surface area contributed by atoms with Gasteiger partial charge in [-0.1, -0.05) is 30.3 Å². The highest BCUT2D eigenvalue weighted by molar-refractivity contribution is 14.0. The molecule has 1 aromatic carbocycles. The Balaban J connectivity index is 0.00000364. The van der Waals surface area contributed by atoms with Gasteiger partial charge in [0.15, 0.2) is 5.96 Å². The van der Waals surface area contributed by atoms with Crippen LogP contribution in [0.5, 0.6) is 0 Å². The Morgan fingerprint density at radius 3 is 2.33 bits per heavy atom. The molecule has 0 saturated carbocycles. The zero-order valence-corrected chi connectivity index (χ0v) is 18.1. The lowest BCUT2D eigenvalue weighted by Gasteiger charge is -2.32. The van der Waals surface area contributed by atoms with Crippen molar-refractivity contribution in [1.29, 1.82) is 0 Å². The molecule has 1 fully saturated rings. The SMILES string of the molecule is CN=C(NCCc1ccccc1)NCCC1CCN(CC(F)(F)F)CC1.I. The lowest BCUT2D eigenvalue weighted by atomic mass is 9.93. The normalized spacial score (nSPS) is 16.7. The molecule has 0 bridgehead atoms. The topological polar surface area (TPSA) is 39.7 Å². The summed E-state index contributed by atoms with van der Waals surface area (Å²) < 4.78 is 37.2. The number of benzene rings is 1. The first-order valence-electron chi connectivity index (χ1n) is 9.24. The molecule has 4 nitrogen and oxygen atoms in total. The van der Waals surface area contributed by atoms with Gasteiger partial charge >= 0.3 is 6.18 Å². The summed E-state index contributed by atoms with van der Waals surface area (Å²) in [5, 5.41) is 6.59. The van der Waals surface area contributed by atoms with Crippen LogP contribution in [0.25, 0.3) is 0 Å². The Morgan fingerprint density at radius 1 is 1.11 bits per heavy atom. The van der Waals surface area contributed by atoms with Gasteiger partial charge in [-0.2, -0.15) is 13.2 Å². The van der Waals surface area contributed by atoms with Crippen LogP contribution in [0.4, 0.5) is 13.2 Å². The molecule has 8 heteroatoms. The minimum atomic E-state index is -4.09. The number of rotatable bonds is 7. The van der Waals surface area contributed by atoms with Crippen LogP contribution in [0.1, 0.15) is 24.8 Å². The van der Waals surface area contributed by atoms with E-state index in [2.05, 4.69) is 27.8 Å². The molecule has 0 radical (unpaired) electrons. The average Bonchev–Trinajstić information content (AvgIpc) is 2.61. The second-order valence-corrected chi connectivity index (χ2v) is 6.78. The number of likely N-dealkylation sites (tertiary alicyclic amines) is 1. The molecule has 1 saturated heterocycles. The van der Waals surface area contributed by atoms with E-state index >= 15 is 0 Å². The van der Waals surface area contributed by atoms with Crippen LogP contribution < -0.4 is 10.6 Å². The molecule has 0 spiro atoms. The van der Waals surface area contributed by atoms with Crippen molar-refractivity contribution in [3.63, 3.8) is 0 Å². The molecule has 0 atom stereocenters. The van der Waals surface area contributed by atoms with Crippen LogP contribution in [-0.2, 0) is 6.42 Å². The van der Waals surface area contributed by atoms with Gasteiger partial charge in [-0.25, -0.2) is 0 Å². The van der Waals surface area contributed by atoms with Crippen LogP contribution in [0.2, 0.25) is 0 Å². The van der Waals surface area contributed by atoms with Gasteiger partial charge in [-0.3, -0.25) is 9.89 Å². The third-order valence-electron chi connectivity index (χ3n) is 4.73. The Kier molecular flexibility index (Phi) is 11.1. The van der Waals surface area contributed by atoms with Crippen molar-refractivity contribution in [2.45, 2.75) is 31.9 Å².